The van der Waals surface area contributed by atoms with Crippen molar-refractivity contribution in [2.24, 2.45) is 7.05 Å². The topological polar surface area (TPSA) is 75.0 Å². The Morgan fingerprint density at radius 2 is 2.15 bits per heavy atom. The predicted octanol–water partition coefficient (Wildman–Crippen LogP) is 0.306. The zero-order valence-corrected chi connectivity index (χ0v) is 11.6. The van der Waals surface area contributed by atoms with Crippen LogP contribution >= 0.6 is 0 Å². The van der Waals surface area contributed by atoms with Gasteiger partial charge >= 0.3 is 7.12 Å². The fraction of sp³-hybridized carbons (Fsp3) is 0.333. The molecule has 0 unspecified atom stereocenters. The third kappa shape index (κ3) is 2.07. The number of aryl methyl sites for hydroxylation is 1. The average Bonchev–Trinajstić information content (AvgIpc) is 2.94. The maximum Gasteiger partial charge on any atom is 0.564 e. The van der Waals surface area contributed by atoms with Crippen LogP contribution in [0.1, 0.15) is 13.8 Å². The van der Waals surface area contributed by atoms with Crippen molar-refractivity contribution in [2.75, 3.05) is 0 Å². The third-order valence-electron chi connectivity index (χ3n) is 3.23. The van der Waals surface area contributed by atoms with Crippen molar-refractivity contribution >= 4 is 12.6 Å². The molecule has 0 amide bonds. The summed E-state index contributed by atoms with van der Waals surface area (Å²) < 4.78 is 13.0. The lowest BCUT2D eigenvalue weighted by Crippen LogP contribution is -2.34. The van der Waals surface area contributed by atoms with Gasteiger partial charge < -0.3 is 9.31 Å². The van der Waals surface area contributed by atoms with E-state index < -0.39 is 12.7 Å². The molecule has 1 fully saturated rings. The summed E-state index contributed by atoms with van der Waals surface area (Å²) >= 11 is 0. The Morgan fingerprint density at radius 3 is 2.65 bits per heavy atom. The Kier molecular flexibility index (Phi) is 2.82. The molecule has 0 saturated carbocycles. The maximum atomic E-state index is 5.79. The molecule has 2 aromatic rings. The molecule has 0 aliphatic carbocycles. The second-order valence-corrected chi connectivity index (χ2v) is 5.10. The molecule has 1 aliphatic heterocycles. The fourth-order valence-corrected chi connectivity index (χ4v) is 1.89. The Balaban J connectivity index is 1.84. The van der Waals surface area contributed by atoms with Gasteiger partial charge in [-0.2, -0.15) is 0 Å². The van der Waals surface area contributed by atoms with E-state index in [1.807, 2.05) is 26.0 Å². The van der Waals surface area contributed by atoms with Gasteiger partial charge in [0, 0.05) is 18.7 Å². The van der Waals surface area contributed by atoms with Gasteiger partial charge in [0.05, 0.1) is 5.76 Å². The quantitative estimate of drug-likeness (QED) is 0.731. The van der Waals surface area contributed by atoms with Gasteiger partial charge in [-0.3, -0.25) is 4.98 Å². The molecule has 3 heterocycles. The Hall–Kier alpha value is -2.22. The van der Waals surface area contributed by atoms with Gasteiger partial charge in [-0.15, -0.1) is 5.10 Å². The van der Waals surface area contributed by atoms with Crippen LogP contribution < -0.4 is 5.46 Å². The number of nitrogens with zero attached hydrogens (tertiary/aromatic N) is 5. The molecule has 7 nitrogen and oxygen atoms in total. The van der Waals surface area contributed by atoms with E-state index in [0.29, 0.717) is 17.3 Å². The van der Waals surface area contributed by atoms with E-state index in [-0.39, 0.29) is 0 Å². The van der Waals surface area contributed by atoms with Crippen LogP contribution in [0, 0.1) is 0 Å². The van der Waals surface area contributed by atoms with E-state index in [1.165, 1.54) is 0 Å². The van der Waals surface area contributed by atoms with Crippen molar-refractivity contribution in [1.82, 2.24) is 25.2 Å². The molecule has 0 N–H and O–H groups in total. The van der Waals surface area contributed by atoms with Crippen molar-refractivity contribution < 1.29 is 9.31 Å². The molecular weight excluding hydrogens is 257 g/mol. The monoisotopic (exact) mass is 271 g/mol. The van der Waals surface area contributed by atoms with E-state index in [9.17, 15) is 0 Å². The first-order valence-electron chi connectivity index (χ1n) is 6.20. The lowest BCUT2D eigenvalue weighted by Gasteiger charge is -2.15. The van der Waals surface area contributed by atoms with Crippen LogP contribution in [-0.2, 0) is 16.4 Å². The van der Waals surface area contributed by atoms with Crippen molar-refractivity contribution in [2.45, 2.75) is 19.4 Å². The van der Waals surface area contributed by atoms with E-state index in [4.69, 9.17) is 9.31 Å². The van der Waals surface area contributed by atoms with Crippen LogP contribution in [0.4, 0.5) is 0 Å². The minimum atomic E-state index is -0.489. The van der Waals surface area contributed by atoms with E-state index in [1.54, 1.807) is 17.9 Å². The minimum absolute atomic E-state index is 0.475. The second kappa shape index (κ2) is 4.41. The number of aromatic nitrogens is 5. The molecular formula is C12H14BN5O2. The zero-order chi connectivity index (χ0) is 14.3. The normalized spacial score (nSPS) is 17.4. The van der Waals surface area contributed by atoms with E-state index in [2.05, 4.69) is 27.1 Å². The molecule has 0 aromatic carbocycles. The summed E-state index contributed by atoms with van der Waals surface area (Å²) in [5.74, 6) is 1.22. The molecule has 0 bridgehead atoms. The van der Waals surface area contributed by atoms with Crippen LogP contribution in [0.15, 0.2) is 30.7 Å². The molecule has 1 aliphatic rings. The lowest BCUT2D eigenvalue weighted by atomic mass is 9.80. The third-order valence-corrected chi connectivity index (χ3v) is 3.23. The van der Waals surface area contributed by atoms with Crippen molar-refractivity contribution in [1.29, 1.82) is 0 Å². The van der Waals surface area contributed by atoms with Crippen LogP contribution in [0.2, 0.25) is 0 Å². The maximum absolute atomic E-state index is 5.79. The molecule has 1 saturated heterocycles. The first-order valence-corrected chi connectivity index (χ1v) is 6.20. The molecule has 2 aromatic heterocycles. The molecule has 20 heavy (non-hydrogen) atoms. The standard InChI is InChI=1S/C12H14BN5O2/c1-8-12(2,3)20-13(19-8)9-5-6-10(14-7-9)11-15-16-17-18(11)4/h5-7H,1H2,2-4H3. The Morgan fingerprint density at radius 1 is 1.35 bits per heavy atom. The van der Waals surface area contributed by atoms with Crippen LogP contribution in [0.3, 0.4) is 0 Å². The lowest BCUT2D eigenvalue weighted by molar-refractivity contribution is 0.173. The largest absolute Gasteiger partial charge is 0.564 e. The number of hydrogen-bond acceptors (Lipinski definition) is 6. The SMILES string of the molecule is C=C1OB(c2ccc(-c3nnnn3C)nc2)OC1(C)C. The van der Waals surface area contributed by atoms with Crippen molar-refractivity contribution in [3.63, 3.8) is 0 Å². The first kappa shape index (κ1) is 12.8. The van der Waals surface area contributed by atoms with Gasteiger partial charge in [0.25, 0.3) is 0 Å². The van der Waals surface area contributed by atoms with Gasteiger partial charge in [0.2, 0.25) is 0 Å². The highest BCUT2D eigenvalue weighted by Crippen LogP contribution is 2.29. The van der Waals surface area contributed by atoms with Crippen LogP contribution in [-0.4, -0.2) is 37.9 Å². The Labute approximate surface area is 116 Å². The van der Waals surface area contributed by atoms with Gasteiger partial charge in [-0.05, 0) is 30.3 Å². The van der Waals surface area contributed by atoms with Gasteiger partial charge in [-0.25, -0.2) is 4.68 Å². The molecule has 0 atom stereocenters. The average molecular weight is 271 g/mol. The van der Waals surface area contributed by atoms with E-state index >= 15 is 0 Å². The van der Waals surface area contributed by atoms with Gasteiger partial charge in [0.15, 0.2) is 5.82 Å². The van der Waals surface area contributed by atoms with Gasteiger partial charge in [-0.1, -0.05) is 12.6 Å². The summed E-state index contributed by atoms with van der Waals surface area (Å²) in [5.41, 5.74) is 1.03. The molecule has 0 radical (unpaired) electrons. The van der Waals surface area contributed by atoms with Crippen molar-refractivity contribution in [3.05, 3.63) is 30.7 Å². The highest BCUT2D eigenvalue weighted by molar-refractivity contribution is 6.62. The summed E-state index contributed by atoms with van der Waals surface area (Å²) in [6, 6.07) is 3.72. The molecule has 8 heteroatoms. The molecule has 3 rings (SSSR count). The first-order chi connectivity index (χ1) is 9.47. The second-order valence-electron chi connectivity index (χ2n) is 5.10. The summed E-state index contributed by atoms with van der Waals surface area (Å²) in [7, 11) is 1.29. The molecule has 102 valence electrons. The van der Waals surface area contributed by atoms with Crippen molar-refractivity contribution in [3.8, 4) is 11.5 Å². The fourth-order valence-electron chi connectivity index (χ4n) is 1.89. The summed E-state index contributed by atoms with van der Waals surface area (Å²) in [6.07, 6.45) is 1.70. The Bertz CT molecular complexity index is 652. The van der Waals surface area contributed by atoms with E-state index in [0.717, 1.165) is 5.46 Å². The number of rotatable bonds is 2. The summed E-state index contributed by atoms with van der Waals surface area (Å²) in [4.78, 5) is 4.35. The minimum Gasteiger partial charge on any atom is -0.534 e. The highest BCUT2D eigenvalue weighted by atomic mass is 16.7. The zero-order valence-electron chi connectivity index (χ0n) is 11.6. The molecule has 0 spiro atoms. The van der Waals surface area contributed by atoms with Crippen LogP contribution in [0.25, 0.3) is 11.5 Å². The number of hydrogen-bond donors (Lipinski definition) is 0. The van der Waals surface area contributed by atoms with Gasteiger partial charge in [0.1, 0.15) is 11.3 Å². The number of pyridine rings is 1. The number of tetrazole rings is 1. The smallest absolute Gasteiger partial charge is 0.534 e. The highest BCUT2D eigenvalue weighted by Gasteiger charge is 2.42. The predicted molar refractivity (Wildman–Crippen MR) is 72.8 cm³/mol. The summed E-state index contributed by atoms with van der Waals surface area (Å²) in [6.45, 7) is 7.69. The summed E-state index contributed by atoms with van der Waals surface area (Å²) in [5, 5.41) is 11.3. The van der Waals surface area contributed by atoms with Crippen LogP contribution in [0.5, 0.6) is 0 Å².